The molecule has 0 atom stereocenters. The average molecular weight is 343 g/mol. The van der Waals surface area contributed by atoms with E-state index in [4.69, 9.17) is 4.74 Å². The lowest BCUT2D eigenvalue weighted by Crippen LogP contribution is -2.32. The summed E-state index contributed by atoms with van der Waals surface area (Å²) in [6, 6.07) is 1.95. The second kappa shape index (κ2) is 8.42. The summed E-state index contributed by atoms with van der Waals surface area (Å²) in [6.45, 7) is 8.21. The molecule has 0 unspecified atom stereocenters. The molecule has 0 amide bonds. The Morgan fingerprint density at radius 3 is 2.95 bits per heavy atom. The van der Waals surface area contributed by atoms with Gasteiger partial charge in [0.05, 0.1) is 6.61 Å². The van der Waals surface area contributed by atoms with Crippen molar-refractivity contribution in [2.75, 3.05) is 49.6 Å². The summed E-state index contributed by atoms with van der Waals surface area (Å²) in [7, 11) is 0. The highest BCUT2D eigenvalue weighted by molar-refractivity contribution is 9.09. The van der Waals surface area contributed by atoms with E-state index >= 15 is 0 Å². The average Bonchev–Trinajstić information content (AvgIpc) is 2.72. The van der Waals surface area contributed by atoms with Crippen molar-refractivity contribution >= 4 is 21.7 Å². The van der Waals surface area contributed by atoms with Crippen molar-refractivity contribution in [1.29, 1.82) is 0 Å². The van der Waals surface area contributed by atoms with Gasteiger partial charge in [-0.15, -0.1) is 0 Å². The van der Waals surface area contributed by atoms with Gasteiger partial charge in [-0.2, -0.15) is 0 Å². The maximum absolute atomic E-state index is 5.58. The predicted octanol–water partition coefficient (Wildman–Crippen LogP) is 2.17. The number of hydrogen-bond donors (Lipinski definition) is 0. The molecule has 1 aliphatic rings. The Kier molecular flexibility index (Phi) is 6.53. The summed E-state index contributed by atoms with van der Waals surface area (Å²) >= 11 is 3.51. The second-order valence-corrected chi connectivity index (χ2v) is 5.73. The van der Waals surface area contributed by atoms with Gasteiger partial charge >= 0.3 is 0 Å². The molecule has 0 saturated carbocycles. The third-order valence-corrected chi connectivity index (χ3v) is 3.75. The van der Waals surface area contributed by atoms with Crippen molar-refractivity contribution in [2.24, 2.45) is 0 Å². The van der Waals surface area contributed by atoms with E-state index in [0.717, 1.165) is 50.3 Å². The fourth-order valence-electron chi connectivity index (χ4n) is 2.33. The summed E-state index contributed by atoms with van der Waals surface area (Å²) in [4.78, 5) is 13.4. The van der Waals surface area contributed by atoms with Crippen molar-refractivity contribution in [3.05, 3.63) is 12.4 Å². The second-order valence-electron chi connectivity index (χ2n) is 4.93. The summed E-state index contributed by atoms with van der Waals surface area (Å²) in [6.07, 6.45) is 3.76. The molecule has 1 aromatic heterocycles. The molecule has 1 aliphatic heterocycles. The molecular weight excluding hydrogens is 320 g/mol. The van der Waals surface area contributed by atoms with Gasteiger partial charge in [-0.25, -0.2) is 9.97 Å². The monoisotopic (exact) mass is 342 g/mol. The quantitative estimate of drug-likeness (QED) is 0.741. The Hall–Kier alpha value is -0.880. The van der Waals surface area contributed by atoms with Crippen LogP contribution in [0, 0.1) is 0 Å². The minimum absolute atomic E-state index is 0.679. The smallest absolute Gasteiger partial charge is 0.218 e. The van der Waals surface area contributed by atoms with Crippen LogP contribution in [-0.2, 0) is 0 Å². The van der Waals surface area contributed by atoms with Gasteiger partial charge in [-0.1, -0.05) is 22.9 Å². The Morgan fingerprint density at radius 1 is 1.25 bits per heavy atom. The van der Waals surface area contributed by atoms with Gasteiger partial charge in [0, 0.05) is 37.6 Å². The normalized spacial score (nSPS) is 17.0. The first-order valence-corrected chi connectivity index (χ1v) is 8.43. The molecule has 1 aromatic rings. The number of alkyl halides is 1. The SMILES string of the molecule is CCCOc1cc(N2CCCN(CCBr)CC2)ncn1. The van der Waals surface area contributed by atoms with Crippen LogP contribution in [0.5, 0.6) is 5.88 Å². The van der Waals surface area contributed by atoms with Gasteiger partial charge < -0.3 is 14.5 Å². The lowest BCUT2D eigenvalue weighted by molar-refractivity contribution is 0.304. The molecule has 0 N–H and O–H groups in total. The zero-order valence-electron chi connectivity index (χ0n) is 12.1. The molecule has 2 heterocycles. The number of hydrogen-bond acceptors (Lipinski definition) is 5. The van der Waals surface area contributed by atoms with E-state index in [1.807, 2.05) is 6.07 Å². The first-order chi connectivity index (χ1) is 9.83. The molecule has 0 spiro atoms. The minimum atomic E-state index is 0.679. The third-order valence-electron chi connectivity index (χ3n) is 3.39. The van der Waals surface area contributed by atoms with Crippen molar-refractivity contribution in [3.63, 3.8) is 0 Å². The number of anilines is 1. The van der Waals surface area contributed by atoms with Gasteiger partial charge in [0.25, 0.3) is 0 Å². The number of nitrogens with zero attached hydrogens (tertiary/aromatic N) is 4. The molecule has 2 rings (SSSR count). The number of rotatable bonds is 6. The van der Waals surface area contributed by atoms with E-state index in [0.29, 0.717) is 12.5 Å². The highest BCUT2D eigenvalue weighted by Crippen LogP contribution is 2.17. The van der Waals surface area contributed by atoms with Gasteiger partial charge in [0.1, 0.15) is 12.1 Å². The van der Waals surface area contributed by atoms with Gasteiger partial charge in [0.15, 0.2) is 0 Å². The molecule has 1 saturated heterocycles. The highest BCUT2D eigenvalue weighted by Gasteiger charge is 2.16. The lowest BCUT2D eigenvalue weighted by atomic mass is 10.3. The van der Waals surface area contributed by atoms with Crippen LogP contribution in [0.25, 0.3) is 0 Å². The third kappa shape index (κ3) is 4.59. The van der Waals surface area contributed by atoms with E-state index in [-0.39, 0.29) is 0 Å². The van der Waals surface area contributed by atoms with Crippen LogP contribution in [0.15, 0.2) is 12.4 Å². The molecule has 5 nitrogen and oxygen atoms in total. The van der Waals surface area contributed by atoms with E-state index < -0.39 is 0 Å². The zero-order valence-corrected chi connectivity index (χ0v) is 13.7. The molecule has 0 aliphatic carbocycles. The summed E-state index contributed by atoms with van der Waals surface area (Å²) in [5, 5.41) is 1.04. The molecule has 1 fully saturated rings. The van der Waals surface area contributed by atoms with E-state index in [9.17, 15) is 0 Å². The highest BCUT2D eigenvalue weighted by atomic mass is 79.9. The fourth-order valence-corrected chi connectivity index (χ4v) is 2.83. The minimum Gasteiger partial charge on any atom is -0.478 e. The van der Waals surface area contributed by atoms with Crippen LogP contribution in [0.4, 0.5) is 5.82 Å². The summed E-state index contributed by atoms with van der Waals surface area (Å²) < 4.78 is 5.58. The molecular formula is C14H23BrN4O. The van der Waals surface area contributed by atoms with Crippen LogP contribution >= 0.6 is 15.9 Å². The first-order valence-electron chi connectivity index (χ1n) is 7.31. The molecule has 6 heteroatoms. The van der Waals surface area contributed by atoms with Crippen molar-refractivity contribution < 1.29 is 4.74 Å². The van der Waals surface area contributed by atoms with Crippen LogP contribution in [0.2, 0.25) is 0 Å². The standard InChI is InChI=1S/C14H23BrN4O/c1-2-10-20-14-11-13(16-12-17-14)19-6-3-5-18(7-4-15)8-9-19/h11-12H,2-10H2,1H3. The molecule has 20 heavy (non-hydrogen) atoms. The lowest BCUT2D eigenvalue weighted by Gasteiger charge is -2.22. The van der Waals surface area contributed by atoms with Crippen LogP contribution < -0.4 is 9.64 Å². The Labute approximate surface area is 129 Å². The molecule has 112 valence electrons. The number of halogens is 1. The summed E-state index contributed by atoms with van der Waals surface area (Å²) in [5.41, 5.74) is 0. The van der Waals surface area contributed by atoms with Gasteiger partial charge in [0.2, 0.25) is 5.88 Å². The Morgan fingerprint density at radius 2 is 2.15 bits per heavy atom. The van der Waals surface area contributed by atoms with Gasteiger partial charge in [-0.3, -0.25) is 0 Å². The summed E-state index contributed by atoms with van der Waals surface area (Å²) in [5.74, 6) is 1.66. The van der Waals surface area contributed by atoms with Crippen molar-refractivity contribution in [2.45, 2.75) is 19.8 Å². The van der Waals surface area contributed by atoms with Crippen molar-refractivity contribution in [3.8, 4) is 5.88 Å². The maximum atomic E-state index is 5.58. The van der Waals surface area contributed by atoms with Gasteiger partial charge in [-0.05, 0) is 19.4 Å². The van der Waals surface area contributed by atoms with E-state index in [1.54, 1.807) is 6.33 Å². The Balaban J connectivity index is 1.96. The van der Waals surface area contributed by atoms with Crippen molar-refractivity contribution in [1.82, 2.24) is 14.9 Å². The topological polar surface area (TPSA) is 41.5 Å². The first kappa shape index (κ1) is 15.5. The van der Waals surface area contributed by atoms with E-state index in [1.165, 1.54) is 6.42 Å². The fraction of sp³-hybridized carbons (Fsp3) is 0.714. The number of ether oxygens (including phenoxy) is 1. The zero-order chi connectivity index (χ0) is 14.2. The largest absolute Gasteiger partial charge is 0.478 e. The number of aromatic nitrogens is 2. The molecule has 0 bridgehead atoms. The Bertz CT molecular complexity index is 405. The molecule has 0 radical (unpaired) electrons. The van der Waals surface area contributed by atoms with E-state index in [2.05, 4.69) is 42.6 Å². The van der Waals surface area contributed by atoms with Crippen LogP contribution in [-0.4, -0.2) is 59.5 Å². The maximum Gasteiger partial charge on any atom is 0.218 e. The van der Waals surface area contributed by atoms with Crippen LogP contribution in [0.1, 0.15) is 19.8 Å². The molecule has 0 aromatic carbocycles. The van der Waals surface area contributed by atoms with Crippen LogP contribution in [0.3, 0.4) is 0 Å². The predicted molar refractivity (Wildman–Crippen MR) is 84.9 cm³/mol.